The quantitative estimate of drug-likeness (QED) is 0.0239. The van der Waals surface area contributed by atoms with Crippen LogP contribution in [0.2, 0.25) is 0 Å². The minimum atomic E-state index is -2.67. The molecule has 0 radical (unpaired) electrons. The highest BCUT2D eigenvalue weighted by atomic mass is 31.1. The second kappa shape index (κ2) is 22.0. The summed E-state index contributed by atoms with van der Waals surface area (Å²) in [5.41, 5.74) is 5.95. The summed E-state index contributed by atoms with van der Waals surface area (Å²) in [7, 11) is -2.67. The van der Waals surface area contributed by atoms with E-state index in [2.05, 4.69) is 10.6 Å². The number of nitrogens with one attached hydrogen (secondary N) is 2. The van der Waals surface area contributed by atoms with Crippen molar-refractivity contribution in [3.63, 3.8) is 0 Å². The van der Waals surface area contributed by atoms with E-state index in [4.69, 9.17) is 23.3 Å². The van der Waals surface area contributed by atoms with Crippen LogP contribution in [0.15, 0.2) is 133 Å². The molecule has 0 fully saturated rings. The SMILES string of the molecule is O=C(CC[C@H](NC(=O)OCC1c2ccccc2-c2ccccc21)C(=O)OCc1ccccc1)N[C@@H](CCO[P+](=O)OCc1ccc([N+](=O)[O-])cc1)C(=O)OCc1ccccc1. The Kier molecular flexibility index (Phi) is 15.8. The molecule has 0 bridgehead atoms. The minimum absolute atomic E-state index is 0.00535. The highest BCUT2D eigenvalue weighted by Crippen LogP contribution is 2.44. The number of nitrogens with zero attached hydrogens (tertiary/aromatic N) is 1. The predicted octanol–water partition coefficient (Wildman–Crippen LogP) is 7.83. The van der Waals surface area contributed by atoms with Crippen LogP contribution in [-0.4, -0.2) is 54.2 Å². The van der Waals surface area contributed by atoms with Gasteiger partial charge in [-0.1, -0.05) is 109 Å². The number of carbonyl (C=O) groups excluding carboxylic acids is 4. The maximum absolute atomic E-state index is 13.4. The number of benzene rings is 5. The molecule has 1 unspecified atom stereocenters. The van der Waals surface area contributed by atoms with Crippen LogP contribution in [0.25, 0.3) is 11.1 Å². The third-order valence-electron chi connectivity index (χ3n) is 9.73. The molecular weight excluding hydrogens is 805 g/mol. The van der Waals surface area contributed by atoms with Crippen LogP contribution < -0.4 is 10.6 Å². The number of rotatable bonds is 21. The molecule has 5 aromatic rings. The molecule has 5 aromatic carbocycles. The second-order valence-electron chi connectivity index (χ2n) is 13.9. The molecular formula is C45H43N3O12P+. The maximum atomic E-state index is 13.4. The van der Waals surface area contributed by atoms with E-state index in [0.717, 1.165) is 22.3 Å². The number of non-ortho nitro benzene ring substituents is 1. The lowest BCUT2D eigenvalue weighted by Gasteiger charge is -2.20. The van der Waals surface area contributed by atoms with Gasteiger partial charge in [0.1, 0.15) is 45.1 Å². The molecule has 15 nitrogen and oxygen atoms in total. The fraction of sp³-hybridized carbons (Fsp3) is 0.244. The van der Waals surface area contributed by atoms with Crippen LogP contribution >= 0.6 is 8.25 Å². The zero-order valence-corrected chi connectivity index (χ0v) is 33.8. The van der Waals surface area contributed by atoms with Crippen LogP contribution in [0.5, 0.6) is 0 Å². The Labute approximate surface area is 352 Å². The Morgan fingerprint density at radius 1 is 0.607 bits per heavy atom. The number of hydrogen-bond donors (Lipinski definition) is 2. The van der Waals surface area contributed by atoms with Crippen molar-refractivity contribution < 1.29 is 51.9 Å². The first-order chi connectivity index (χ1) is 29.6. The smallest absolute Gasteiger partial charge is 0.459 e. The Hall–Kier alpha value is -6.80. The summed E-state index contributed by atoms with van der Waals surface area (Å²) in [6, 6.07) is 36.5. The predicted molar refractivity (Wildman–Crippen MR) is 222 cm³/mol. The van der Waals surface area contributed by atoms with Crippen molar-refractivity contribution in [2.45, 2.75) is 57.1 Å². The Morgan fingerprint density at radius 2 is 1.11 bits per heavy atom. The monoisotopic (exact) mass is 848 g/mol. The Balaban J connectivity index is 1.06. The van der Waals surface area contributed by atoms with Crippen LogP contribution in [0, 0.1) is 10.1 Å². The van der Waals surface area contributed by atoms with Crippen molar-refractivity contribution in [2.75, 3.05) is 13.2 Å². The number of nitro groups is 1. The largest absolute Gasteiger partial charge is 0.697 e. The summed E-state index contributed by atoms with van der Waals surface area (Å²) in [5, 5.41) is 16.1. The van der Waals surface area contributed by atoms with Crippen LogP contribution in [0.1, 0.15) is 53.0 Å². The first kappa shape index (κ1) is 43.8. The Bertz CT molecular complexity index is 2270. The highest BCUT2D eigenvalue weighted by molar-refractivity contribution is 7.33. The molecule has 3 atom stereocenters. The third-order valence-corrected chi connectivity index (χ3v) is 10.5. The van der Waals surface area contributed by atoms with Gasteiger partial charge in [-0.05, 0) is 57.5 Å². The van der Waals surface area contributed by atoms with E-state index in [1.54, 1.807) is 48.5 Å². The normalized spacial score (nSPS) is 12.8. The molecule has 0 aromatic heterocycles. The number of carbonyl (C=O) groups is 4. The number of nitro benzene ring substituents is 1. The van der Waals surface area contributed by atoms with Gasteiger partial charge in [0.15, 0.2) is 0 Å². The van der Waals surface area contributed by atoms with E-state index in [0.29, 0.717) is 16.7 Å². The van der Waals surface area contributed by atoms with E-state index in [9.17, 15) is 33.9 Å². The van der Waals surface area contributed by atoms with Gasteiger partial charge >= 0.3 is 26.3 Å². The van der Waals surface area contributed by atoms with Gasteiger partial charge in [0.25, 0.3) is 5.69 Å². The molecule has 1 aliphatic rings. The summed E-state index contributed by atoms with van der Waals surface area (Å²) in [6.07, 6.45) is -1.59. The molecule has 1 aliphatic carbocycles. The van der Waals surface area contributed by atoms with Gasteiger partial charge in [-0.25, -0.2) is 14.4 Å². The fourth-order valence-corrected chi connectivity index (χ4v) is 7.19. The lowest BCUT2D eigenvalue weighted by atomic mass is 9.98. The summed E-state index contributed by atoms with van der Waals surface area (Å²) in [5.74, 6) is -2.47. The number of fused-ring (bicyclic) bond motifs is 3. The molecule has 16 heteroatoms. The standard InChI is InChI=1S/C45H42N3O12P/c49-42(46-41(44(51)57-28-32-13-5-2-6-14-32)25-26-59-61(55)60-29-33-19-21-34(22-20-33)48(53)54)24-23-40(43(50)56-27-31-11-3-1-4-12-31)47-45(52)58-30-39-37-17-9-7-15-35(37)36-16-8-10-18-38(36)39/h1-22,39-41H,23-30H2,(H-,46,47,49,52)/p+1/t40-,41-/m0/s1. The topological polar surface area (TPSA) is 199 Å². The summed E-state index contributed by atoms with van der Waals surface area (Å²) in [6.45, 7) is -0.623. The van der Waals surface area contributed by atoms with Gasteiger partial charge in [0.2, 0.25) is 5.91 Å². The molecule has 6 rings (SSSR count). The highest BCUT2D eigenvalue weighted by Gasteiger charge is 2.31. The van der Waals surface area contributed by atoms with E-state index in [1.165, 1.54) is 24.3 Å². The van der Waals surface area contributed by atoms with Crippen molar-refractivity contribution in [1.82, 2.24) is 10.6 Å². The molecule has 314 valence electrons. The van der Waals surface area contributed by atoms with Gasteiger partial charge in [-0.15, -0.1) is 9.05 Å². The van der Waals surface area contributed by atoms with Crippen molar-refractivity contribution >= 4 is 37.9 Å². The van der Waals surface area contributed by atoms with Gasteiger partial charge in [0.05, 0.1) is 4.92 Å². The van der Waals surface area contributed by atoms with Gasteiger partial charge in [-0.3, -0.25) is 14.9 Å². The van der Waals surface area contributed by atoms with Crippen LogP contribution in [0.4, 0.5) is 10.5 Å². The molecule has 2 amide bonds. The van der Waals surface area contributed by atoms with Crippen LogP contribution in [-0.2, 0) is 62.0 Å². The van der Waals surface area contributed by atoms with E-state index in [1.807, 2.05) is 60.7 Å². The molecule has 2 N–H and O–H groups in total. The summed E-state index contributed by atoms with van der Waals surface area (Å²) in [4.78, 5) is 63.7. The number of hydrogen-bond acceptors (Lipinski definition) is 12. The fourth-order valence-electron chi connectivity index (χ4n) is 6.60. The molecule has 0 spiro atoms. The lowest BCUT2D eigenvalue weighted by molar-refractivity contribution is -0.384. The first-order valence-corrected chi connectivity index (χ1v) is 20.5. The molecule has 0 heterocycles. The average Bonchev–Trinajstić information content (AvgIpc) is 3.61. The molecule has 61 heavy (non-hydrogen) atoms. The summed E-state index contributed by atoms with van der Waals surface area (Å²) < 4.78 is 39.7. The third kappa shape index (κ3) is 12.8. The zero-order valence-electron chi connectivity index (χ0n) is 32.9. The van der Waals surface area contributed by atoms with Crippen molar-refractivity contribution in [3.8, 4) is 11.1 Å². The van der Waals surface area contributed by atoms with E-state index in [-0.39, 0.29) is 63.9 Å². The maximum Gasteiger partial charge on any atom is 0.697 e. The van der Waals surface area contributed by atoms with Crippen molar-refractivity contribution in [2.24, 2.45) is 0 Å². The van der Waals surface area contributed by atoms with Crippen molar-refractivity contribution in [3.05, 3.63) is 171 Å². The van der Waals surface area contributed by atoms with E-state index >= 15 is 0 Å². The van der Waals surface area contributed by atoms with Crippen molar-refractivity contribution in [1.29, 1.82) is 0 Å². The van der Waals surface area contributed by atoms with Gasteiger partial charge in [-0.2, -0.15) is 0 Å². The first-order valence-electron chi connectivity index (χ1n) is 19.4. The van der Waals surface area contributed by atoms with Crippen LogP contribution in [0.3, 0.4) is 0 Å². The second-order valence-corrected chi connectivity index (χ2v) is 14.9. The lowest BCUT2D eigenvalue weighted by Crippen LogP contribution is -2.45. The van der Waals surface area contributed by atoms with Gasteiger partial charge < -0.3 is 24.8 Å². The number of amides is 2. The minimum Gasteiger partial charge on any atom is -0.459 e. The molecule has 0 saturated carbocycles. The number of ether oxygens (including phenoxy) is 3. The summed E-state index contributed by atoms with van der Waals surface area (Å²) >= 11 is 0. The Morgan fingerprint density at radius 3 is 1.67 bits per heavy atom. The zero-order chi connectivity index (χ0) is 43.0. The number of esters is 2. The van der Waals surface area contributed by atoms with E-state index < -0.39 is 49.2 Å². The average molecular weight is 849 g/mol. The van der Waals surface area contributed by atoms with Gasteiger partial charge in [0, 0.05) is 35.5 Å². The molecule has 0 saturated heterocycles. The molecule has 0 aliphatic heterocycles. The number of alkyl carbamates (subject to hydrolysis) is 1.